The van der Waals surface area contributed by atoms with Gasteiger partial charge in [0.25, 0.3) is 0 Å². The van der Waals surface area contributed by atoms with Crippen molar-refractivity contribution in [3.63, 3.8) is 0 Å². The molecule has 1 amide bonds. The summed E-state index contributed by atoms with van der Waals surface area (Å²) in [5.74, 6) is 0.185. The highest BCUT2D eigenvalue weighted by Crippen LogP contribution is 2.13. The van der Waals surface area contributed by atoms with Gasteiger partial charge in [-0.25, -0.2) is 4.68 Å². The number of carbonyl (C=O) groups is 1. The third-order valence-corrected chi connectivity index (χ3v) is 3.57. The van der Waals surface area contributed by atoms with Crippen LogP contribution in [0.5, 0.6) is 0 Å². The molecule has 0 aromatic carbocycles. The van der Waals surface area contributed by atoms with Crippen molar-refractivity contribution in [3.8, 4) is 0 Å². The van der Waals surface area contributed by atoms with Crippen LogP contribution in [0.25, 0.3) is 0 Å². The average molecular weight is 363 g/mol. The SMILES string of the molecule is NC(CCCCOB(O)O)c1nnnn1CC(=O)NCc1cccnc1. The van der Waals surface area contributed by atoms with Gasteiger partial charge in [-0.1, -0.05) is 6.07 Å². The van der Waals surface area contributed by atoms with Gasteiger partial charge in [-0.2, -0.15) is 0 Å². The molecular formula is C14H22BN7O4. The standard InChI is InChI=1S/C14H22BN7O4/c16-12(5-1-2-7-26-15(24)25)14-19-20-21-22(14)10-13(23)18-9-11-4-3-6-17-8-11/h3-4,6,8,12,24-25H,1-2,5,7,9-10,16H2,(H,18,23). The van der Waals surface area contributed by atoms with Gasteiger partial charge in [0.05, 0.1) is 6.04 Å². The van der Waals surface area contributed by atoms with Gasteiger partial charge in [-0.15, -0.1) is 5.10 Å². The molecule has 0 saturated carbocycles. The van der Waals surface area contributed by atoms with Crippen LogP contribution in [-0.2, 0) is 22.5 Å². The maximum Gasteiger partial charge on any atom is 0.633 e. The van der Waals surface area contributed by atoms with Gasteiger partial charge < -0.3 is 25.8 Å². The van der Waals surface area contributed by atoms with Gasteiger partial charge in [-0.05, 0) is 41.3 Å². The van der Waals surface area contributed by atoms with E-state index in [-0.39, 0.29) is 19.1 Å². The fourth-order valence-corrected chi connectivity index (χ4v) is 2.27. The van der Waals surface area contributed by atoms with E-state index in [1.165, 1.54) is 4.68 Å². The molecule has 11 nitrogen and oxygen atoms in total. The van der Waals surface area contributed by atoms with Gasteiger partial charge >= 0.3 is 7.32 Å². The Kier molecular flexibility index (Phi) is 8.08. The predicted octanol–water partition coefficient (Wildman–Crippen LogP) is -1.46. The Hall–Kier alpha value is -2.41. The van der Waals surface area contributed by atoms with Gasteiger partial charge in [0.2, 0.25) is 5.91 Å². The lowest BCUT2D eigenvalue weighted by molar-refractivity contribution is -0.122. The second-order valence-corrected chi connectivity index (χ2v) is 5.63. The minimum Gasteiger partial charge on any atom is -0.402 e. The second kappa shape index (κ2) is 10.6. The first kappa shape index (κ1) is 19.9. The largest absolute Gasteiger partial charge is 0.633 e. The number of nitrogens with one attached hydrogen (secondary N) is 1. The molecule has 0 spiro atoms. The molecule has 2 rings (SSSR count). The highest BCUT2D eigenvalue weighted by Gasteiger charge is 2.17. The lowest BCUT2D eigenvalue weighted by Gasteiger charge is -2.12. The summed E-state index contributed by atoms with van der Waals surface area (Å²) in [7, 11) is -1.76. The molecule has 2 aromatic heterocycles. The molecule has 0 radical (unpaired) electrons. The number of nitrogens with zero attached hydrogens (tertiary/aromatic N) is 5. The van der Waals surface area contributed by atoms with Crippen LogP contribution in [0, 0.1) is 0 Å². The average Bonchev–Trinajstić information content (AvgIpc) is 3.08. The van der Waals surface area contributed by atoms with Crippen molar-refractivity contribution >= 4 is 13.2 Å². The Bertz CT molecular complexity index is 670. The predicted molar refractivity (Wildman–Crippen MR) is 90.8 cm³/mol. The number of tetrazole rings is 1. The summed E-state index contributed by atoms with van der Waals surface area (Å²) in [6.45, 7) is 0.551. The van der Waals surface area contributed by atoms with E-state index in [1.807, 2.05) is 6.07 Å². The zero-order valence-electron chi connectivity index (χ0n) is 14.2. The van der Waals surface area contributed by atoms with Crippen LogP contribution in [-0.4, -0.2) is 55.1 Å². The highest BCUT2D eigenvalue weighted by atomic mass is 16.6. The van der Waals surface area contributed by atoms with Crippen LogP contribution >= 0.6 is 0 Å². The molecule has 0 saturated heterocycles. The van der Waals surface area contributed by atoms with E-state index in [2.05, 4.69) is 30.5 Å². The first-order valence-corrected chi connectivity index (χ1v) is 8.21. The quantitative estimate of drug-likeness (QED) is 0.276. The number of hydrogen-bond donors (Lipinski definition) is 4. The maximum atomic E-state index is 12.1. The number of hydrogen-bond acceptors (Lipinski definition) is 9. The number of amides is 1. The zero-order valence-corrected chi connectivity index (χ0v) is 14.2. The van der Waals surface area contributed by atoms with Crippen molar-refractivity contribution in [2.45, 2.75) is 38.4 Å². The van der Waals surface area contributed by atoms with E-state index < -0.39 is 13.4 Å². The molecule has 12 heteroatoms. The smallest absolute Gasteiger partial charge is 0.402 e. The minimum atomic E-state index is -1.76. The van der Waals surface area contributed by atoms with Crippen molar-refractivity contribution < 1.29 is 19.5 Å². The normalized spacial score (nSPS) is 12.0. The highest BCUT2D eigenvalue weighted by molar-refractivity contribution is 6.32. The van der Waals surface area contributed by atoms with Gasteiger partial charge in [0, 0.05) is 25.5 Å². The molecule has 26 heavy (non-hydrogen) atoms. The molecule has 0 bridgehead atoms. The van der Waals surface area contributed by atoms with Crippen LogP contribution in [0.2, 0.25) is 0 Å². The summed E-state index contributed by atoms with van der Waals surface area (Å²) in [5, 5.41) is 31.2. The summed E-state index contributed by atoms with van der Waals surface area (Å²) < 4.78 is 5.99. The lowest BCUT2D eigenvalue weighted by atomic mass is 10.1. The van der Waals surface area contributed by atoms with E-state index >= 15 is 0 Å². The molecule has 0 aliphatic carbocycles. The number of carbonyl (C=O) groups excluding carboxylic acids is 1. The third kappa shape index (κ3) is 6.84. The van der Waals surface area contributed by atoms with Crippen molar-refractivity contribution in [2.24, 2.45) is 5.73 Å². The molecule has 0 aliphatic rings. The lowest BCUT2D eigenvalue weighted by Crippen LogP contribution is -2.29. The number of rotatable bonds is 11. The topological polar surface area (TPSA) is 161 Å². The molecule has 5 N–H and O–H groups in total. The van der Waals surface area contributed by atoms with Crippen molar-refractivity contribution in [2.75, 3.05) is 6.61 Å². The minimum absolute atomic E-state index is 0.0316. The summed E-state index contributed by atoms with van der Waals surface area (Å²) in [6, 6.07) is 3.23. The van der Waals surface area contributed by atoms with Crippen LogP contribution in [0.1, 0.15) is 36.7 Å². The van der Waals surface area contributed by atoms with Crippen LogP contribution in [0.15, 0.2) is 24.5 Å². The first-order valence-electron chi connectivity index (χ1n) is 8.21. The van der Waals surface area contributed by atoms with E-state index in [4.69, 9.17) is 15.8 Å². The van der Waals surface area contributed by atoms with E-state index in [0.29, 0.717) is 31.6 Å². The molecular weight excluding hydrogens is 341 g/mol. The van der Waals surface area contributed by atoms with Crippen molar-refractivity contribution in [1.29, 1.82) is 0 Å². The molecule has 2 aromatic rings. The van der Waals surface area contributed by atoms with Crippen LogP contribution in [0.3, 0.4) is 0 Å². The first-order chi connectivity index (χ1) is 12.6. The van der Waals surface area contributed by atoms with Gasteiger partial charge in [0.15, 0.2) is 5.82 Å². The third-order valence-electron chi connectivity index (χ3n) is 3.57. The van der Waals surface area contributed by atoms with E-state index in [9.17, 15) is 4.79 Å². The molecule has 1 unspecified atom stereocenters. The number of pyridine rings is 1. The molecule has 1 atom stereocenters. The Morgan fingerprint density at radius 3 is 3.00 bits per heavy atom. The fraction of sp³-hybridized carbons (Fsp3) is 0.500. The molecule has 140 valence electrons. The number of unbranched alkanes of at least 4 members (excludes halogenated alkanes) is 1. The monoisotopic (exact) mass is 363 g/mol. The van der Waals surface area contributed by atoms with Gasteiger partial charge in [-0.3, -0.25) is 9.78 Å². The summed E-state index contributed by atoms with van der Waals surface area (Å²) in [4.78, 5) is 16.1. The van der Waals surface area contributed by atoms with Crippen molar-refractivity contribution in [1.82, 2.24) is 30.5 Å². The van der Waals surface area contributed by atoms with E-state index in [0.717, 1.165) is 5.56 Å². The molecule has 0 aliphatic heterocycles. The maximum absolute atomic E-state index is 12.1. The summed E-state index contributed by atoms with van der Waals surface area (Å²) in [6.07, 6.45) is 5.21. The Balaban J connectivity index is 1.76. The van der Waals surface area contributed by atoms with Gasteiger partial charge in [0.1, 0.15) is 6.54 Å². The Morgan fingerprint density at radius 1 is 1.42 bits per heavy atom. The summed E-state index contributed by atoms with van der Waals surface area (Å²) >= 11 is 0. The van der Waals surface area contributed by atoms with Crippen LogP contribution in [0.4, 0.5) is 0 Å². The summed E-state index contributed by atoms with van der Waals surface area (Å²) in [5.41, 5.74) is 6.97. The van der Waals surface area contributed by atoms with E-state index in [1.54, 1.807) is 18.5 Å². The fourth-order valence-electron chi connectivity index (χ4n) is 2.27. The molecule has 0 fully saturated rings. The molecule has 2 heterocycles. The number of aromatic nitrogens is 5. The van der Waals surface area contributed by atoms with Crippen LogP contribution < -0.4 is 11.1 Å². The second-order valence-electron chi connectivity index (χ2n) is 5.63. The Labute approximate surface area is 150 Å². The van der Waals surface area contributed by atoms with Crippen molar-refractivity contribution in [3.05, 3.63) is 35.9 Å². The zero-order chi connectivity index (χ0) is 18.8. The number of nitrogens with two attached hydrogens (primary N) is 1. The Morgan fingerprint density at radius 2 is 2.27 bits per heavy atom.